The van der Waals surface area contributed by atoms with E-state index < -0.39 is 0 Å². The molecule has 2 saturated heterocycles. The van der Waals surface area contributed by atoms with E-state index in [0.717, 1.165) is 75.8 Å². The molecule has 0 unspecified atom stereocenters. The lowest BCUT2D eigenvalue weighted by Crippen LogP contribution is -2.43. The average Bonchev–Trinajstić information content (AvgIpc) is 3.35. The number of piperidine rings is 1. The number of likely N-dealkylation sites (tertiary alicyclic amines) is 1. The predicted molar refractivity (Wildman–Crippen MR) is 117 cm³/mol. The van der Waals surface area contributed by atoms with Gasteiger partial charge >= 0.3 is 0 Å². The molecule has 2 fully saturated rings. The van der Waals surface area contributed by atoms with Crippen molar-refractivity contribution in [1.82, 2.24) is 14.8 Å². The van der Waals surface area contributed by atoms with Crippen molar-refractivity contribution in [3.05, 3.63) is 35.5 Å². The zero-order valence-corrected chi connectivity index (χ0v) is 17.4. The average molecular weight is 396 g/mol. The van der Waals surface area contributed by atoms with Crippen LogP contribution in [0.15, 0.2) is 24.3 Å². The van der Waals surface area contributed by atoms with E-state index in [-0.39, 0.29) is 11.8 Å². The van der Waals surface area contributed by atoms with Crippen LogP contribution in [-0.2, 0) is 17.8 Å². The normalized spacial score (nSPS) is 20.4. The van der Waals surface area contributed by atoms with E-state index in [0.29, 0.717) is 11.9 Å². The van der Waals surface area contributed by atoms with Gasteiger partial charge < -0.3 is 20.5 Å². The van der Waals surface area contributed by atoms with Gasteiger partial charge in [0.25, 0.3) is 0 Å². The molecule has 1 amide bonds. The smallest absolute Gasteiger partial charge is 0.226 e. The zero-order valence-electron chi connectivity index (χ0n) is 17.4. The maximum atomic E-state index is 13.0. The van der Waals surface area contributed by atoms with Gasteiger partial charge in [-0.1, -0.05) is 12.1 Å². The minimum Gasteiger partial charge on any atom is -0.384 e. The number of aryl methyl sites for hydroxylation is 2. The Balaban J connectivity index is 1.48. The third kappa shape index (κ3) is 4.04. The lowest BCUT2D eigenvalue weighted by molar-refractivity contribution is -0.137. The maximum Gasteiger partial charge on any atom is 0.226 e. The molecule has 0 bridgehead atoms. The van der Waals surface area contributed by atoms with Gasteiger partial charge in [0.05, 0.1) is 0 Å². The van der Waals surface area contributed by atoms with Gasteiger partial charge in [0.15, 0.2) is 0 Å². The first-order valence-corrected chi connectivity index (χ1v) is 11.1. The van der Waals surface area contributed by atoms with Gasteiger partial charge in [-0.05, 0) is 76.1 Å². The van der Waals surface area contributed by atoms with E-state index in [1.54, 1.807) is 0 Å². The first-order valence-electron chi connectivity index (χ1n) is 11.1. The molecule has 1 aromatic heterocycles. The van der Waals surface area contributed by atoms with Crippen molar-refractivity contribution >= 4 is 22.6 Å². The van der Waals surface area contributed by atoms with Crippen LogP contribution in [0.3, 0.4) is 0 Å². The molecule has 0 aliphatic carbocycles. The van der Waals surface area contributed by atoms with Gasteiger partial charge in [-0.25, -0.2) is 0 Å². The Labute approximate surface area is 172 Å². The quantitative estimate of drug-likeness (QED) is 0.519. The lowest BCUT2D eigenvalue weighted by atomic mass is 9.95. The van der Waals surface area contributed by atoms with Gasteiger partial charge in [0.1, 0.15) is 5.84 Å². The number of nitrogens with one attached hydrogen (secondary N) is 2. The van der Waals surface area contributed by atoms with E-state index in [2.05, 4.69) is 33.8 Å². The number of nitrogens with zero attached hydrogens (tertiary/aromatic N) is 2. The van der Waals surface area contributed by atoms with Crippen LogP contribution in [-0.4, -0.2) is 46.9 Å². The van der Waals surface area contributed by atoms with Crippen LogP contribution in [0.1, 0.15) is 50.3 Å². The zero-order chi connectivity index (χ0) is 20.4. The fraction of sp³-hybridized carbons (Fsp3) is 0.565. The highest BCUT2D eigenvalue weighted by atomic mass is 16.2. The highest BCUT2D eigenvalue weighted by Gasteiger charge is 2.33. The summed E-state index contributed by atoms with van der Waals surface area (Å²) in [6.07, 6.45) is 6.19. The van der Waals surface area contributed by atoms with Crippen molar-refractivity contribution in [1.29, 1.82) is 5.41 Å². The number of benzene rings is 1. The van der Waals surface area contributed by atoms with Crippen LogP contribution < -0.4 is 11.1 Å². The summed E-state index contributed by atoms with van der Waals surface area (Å²) in [5.41, 5.74) is 8.90. The van der Waals surface area contributed by atoms with Crippen LogP contribution in [0, 0.1) is 11.3 Å². The Kier molecular flexibility index (Phi) is 5.90. The molecule has 0 radical (unpaired) electrons. The summed E-state index contributed by atoms with van der Waals surface area (Å²) in [7, 11) is 0. The highest BCUT2D eigenvalue weighted by molar-refractivity contribution is 5.98. The first-order chi connectivity index (χ1) is 14.1. The Morgan fingerprint density at radius 2 is 2.03 bits per heavy atom. The summed E-state index contributed by atoms with van der Waals surface area (Å²) < 4.78 is 2.33. The summed E-state index contributed by atoms with van der Waals surface area (Å²) in [6, 6.07) is 8.63. The molecule has 3 heterocycles. The minimum atomic E-state index is 0.107. The molecule has 6 heteroatoms. The molecule has 2 aliphatic heterocycles. The van der Waals surface area contributed by atoms with Crippen molar-refractivity contribution in [3.63, 3.8) is 0 Å². The Hall–Kier alpha value is -2.34. The van der Waals surface area contributed by atoms with E-state index in [1.165, 1.54) is 11.1 Å². The number of carbonyl (C=O) groups is 1. The standard InChI is InChI=1S/C23H33N5O/c1-2-27-20(14-17-5-6-18(22(24)25)15-21(17)27)8-7-19-4-3-13-28(19)23(29)16-9-11-26-12-10-16/h5-6,14-16,19,26H,2-4,7-13H2,1H3,(H3,24,25)/t19-/m0/s1. The number of aromatic nitrogens is 1. The molecule has 0 saturated carbocycles. The maximum absolute atomic E-state index is 13.0. The molecule has 4 rings (SSSR count). The van der Waals surface area contributed by atoms with Crippen LogP contribution >= 0.6 is 0 Å². The summed E-state index contributed by atoms with van der Waals surface area (Å²) in [4.78, 5) is 15.2. The number of amidine groups is 1. The Morgan fingerprint density at radius 3 is 2.76 bits per heavy atom. The summed E-state index contributed by atoms with van der Waals surface area (Å²) in [5.74, 6) is 0.704. The molecule has 29 heavy (non-hydrogen) atoms. The van der Waals surface area contributed by atoms with E-state index in [4.69, 9.17) is 11.1 Å². The van der Waals surface area contributed by atoms with Gasteiger partial charge in [-0.3, -0.25) is 10.2 Å². The van der Waals surface area contributed by atoms with Crippen LogP contribution in [0.4, 0.5) is 0 Å². The monoisotopic (exact) mass is 395 g/mol. The number of carbonyl (C=O) groups excluding carboxylic acids is 1. The Bertz CT molecular complexity index is 896. The molecule has 1 aromatic carbocycles. The van der Waals surface area contributed by atoms with Crippen molar-refractivity contribution in [2.45, 2.75) is 58.0 Å². The summed E-state index contributed by atoms with van der Waals surface area (Å²) in [5, 5.41) is 12.3. The molecule has 2 aliphatic rings. The second-order valence-electron chi connectivity index (χ2n) is 8.46. The molecule has 156 valence electrons. The van der Waals surface area contributed by atoms with Gasteiger partial charge in [-0.15, -0.1) is 0 Å². The fourth-order valence-electron chi connectivity index (χ4n) is 5.10. The largest absolute Gasteiger partial charge is 0.384 e. The first kappa shape index (κ1) is 20.0. The van der Waals surface area contributed by atoms with Crippen LogP contribution in [0.25, 0.3) is 10.9 Å². The highest BCUT2D eigenvalue weighted by Crippen LogP contribution is 2.28. The fourth-order valence-corrected chi connectivity index (χ4v) is 5.10. The topological polar surface area (TPSA) is 87.1 Å². The van der Waals surface area contributed by atoms with E-state index >= 15 is 0 Å². The van der Waals surface area contributed by atoms with E-state index in [9.17, 15) is 4.79 Å². The van der Waals surface area contributed by atoms with Crippen molar-refractivity contribution < 1.29 is 4.79 Å². The van der Waals surface area contributed by atoms with E-state index in [1.807, 2.05) is 12.1 Å². The molecule has 0 spiro atoms. The van der Waals surface area contributed by atoms with Gasteiger partial charge in [-0.2, -0.15) is 0 Å². The van der Waals surface area contributed by atoms with Gasteiger partial charge in [0.2, 0.25) is 5.91 Å². The number of amides is 1. The molecule has 2 aromatic rings. The molecule has 4 N–H and O–H groups in total. The van der Waals surface area contributed by atoms with Crippen LogP contribution in [0.5, 0.6) is 0 Å². The SMILES string of the molecule is CCn1c(CC[C@@H]2CCCN2C(=O)C2CCNCC2)cc2ccc(C(=N)N)cc21. The molecule has 1 atom stereocenters. The predicted octanol–water partition coefficient (Wildman–Crippen LogP) is 2.87. The Morgan fingerprint density at radius 1 is 1.24 bits per heavy atom. The van der Waals surface area contributed by atoms with Crippen molar-refractivity contribution in [2.75, 3.05) is 19.6 Å². The lowest BCUT2D eigenvalue weighted by Gasteiger charge is -2.31. The third-order valence-electron chi connectivity index (χ3n) is 6.70. The number of nitrogen functional groups attached to an aromatic ring is 1. The minimum absolute atomic E-state index is 0.107. The summed E-state index contributed by atoms with van der Waals surface area (Å²) >= 11 is 0. The third-order valence-corrected chi connectivity index (χ3v) is 6.70. The van der Waals surface area contributed by atoms with Crippen LogP contribution in [0.2, 0.25) is 0 Å². The number of rotatable bonds is 6. The number of hydrogen-bond acceptors (Lipinski definition) is 3. The summed E-state index contributed by atoms with van der Waals surface area (Å²) in [6.45, 7) is 5.90. The molecular formula is C23H33N5O. The van der Waals surface area contributed by atoms with Gasteiger partial charge in [0, 0.05) is 41.8 Å². The molecular weight excluding hydrogens is 362 g/mol. The second-order valence-corrected chi connectivity index (χ2v) is 8.46. The second kappa shape index (κ2) is 8.57. The number of nitrogens with two attached hydrogens (primary N) is 1. The number of hydrogen-bond donors (Lipinski definition) is 3. The van der Waals surface area contributed by atoms with Crippen molar-refractivity contribution in [3.8, 4) is 0 Å². The van der Waals surface area contributed by atoms with Crippen molar-refractivity contribution in [2.24, 2.45) is 11.7 Å². The number of fused-ring (bicyclic) bond motifs is 1. The molecule has 6 nitrogen and oxygen atoms in total.